The van der Waals surface area contributed by atoms with Gasteiger partial charge in [-0.2, -0.15) is 0 Å². The summed E-state index contributed by atoms with van der Waals surface area (Å²) >= 11 is 0. The number of benzene rings is 1. The Morgan fingerprint density at radius 1 is 1.19 bits per heavy atom. The monoisotopic (exact) mass is 291 g/mol. The fourth-order valence-corrected chi connectivity index (χ4v) is 2.40. The van der Waals surface area contributed by atoms with E-state index in [-0.39, 0.29) is 0 Å². The molecular formula is C16H25N3O2. The van der Waals surface area contributed by atoms with Gasteiger partial charge in [0.15, 0.2) is 0 Å². The highest BCUT2D eigenvalue weighted by atomic mass is 16.5. The van der Waals surface area contributed by atoms with Crippen LogP contribution >= 0.6 is 0 Å². The molecule has 1 aromatic rings. The maximum Gasteiger partial charge on any atom is 0.119 e. The number of nitrogens with zero attached hydrogens (tertiary/aromatic N) is 3. The quantitative estimate of drug-likeness (QED) is 0.492. The number of hydrogen-bond donors (Lipinski definition) is 1. The van der Waals surface area contributed by atoms with Crippen LogP contribution in [0, 0.1) is 0 Å². The Balaban J connectivity index is 1.71. The van der Waals surface area contributed by atoms with Crippen LogP contribution in [0.25, 0.3) is 0 Å². The van der Waals surface area contributed by atoms with Crippen LogP contribution in [0.1, 0.15) is 12.5 Å². The summed E-state index contributed by atoms with van der Waals surface area (Å²) in [4.78, 5) is 4.79. The Morgan fingerprint density at radius 3 is 2.48 bits per heavy atom. The van der Waals surface area contributed by atoms with Crippen LogP contribution in [0.3, 0.4) is 0 Å². The predicted molar refractivity (Wildman–Crippen MR) is 84.5 cm³/mol. The van der Waals surface area contributed by atoms with Crippen LogP contribution in [0.15, 0.2) is 29.4 Å². The molecule has 0 aliphatic carbocycles. The fourth-order valence-electron chi connectivity index (χ4n) is 2.40. The smallest absolute Gasteiger partial charge is 0.119 e. The van der Waals surface area contributed by atoms with Gasteiger partial charge in [-0.15, -0.1) is 0 Å². The molecule has 116 valence electrons. The zero-order valence-electron chi connectivity index (χ0n) is 13.0. The molecule has 1 aliphatic heterocycles. The minimum absolute atomic E-state index is 0.665. The van der Waals surface area contributed by atoms with Gasteiger partial charge in [-0.25, -0.2) is 0 Å². The summed E-state index contributed by atoms with van der Waals surface area (Å²) in [7, 11) is 2.17. The van der Waals surface area contributed by atoms with E-state index in [1.807, 2.05) is 24.3 Å². The highest BCUT2D eigenvalue weighted by Gasteiger charge is 2.13. The first-order chi connectivity index (χ1) is 10.2. The number of rotatable bonds is 6. The van der Waals surface area contributed by atoms with Crippen LogP contribution in [-0.2, 0) is 6.42 Å². The zero-order valence-corrected chi connectivity index (χ0v) is 13.0. The van der Waals surface area contributed by atoms with E-state index >= 15 is 0 Å². The van der Waals surface area contributed by atoms with Crippen molar-refractivity contribution in [3.8, 4) is 5.75 Å². The summed E-state index contributed by atoms with van der Waals surface area (Å²) in [6.45, 7) is 8.03. The van der Waals surface area contributed by atoms with Gasteiger partial charge in [-0.05, 0) is 31.7 Å². The number of hydrogen-bond acceptors (Lipinski definition) is 5. The second-order valence-corrected chi connectivity index (χ2v) is 5.65. The Kier molecular flexibility index (Phi) is 6.02. The molecule has 1 saturated heterocycles. The standard InChI is InChI=1S/C16H25N3O2/c1-14(17-20)13-15-3-5-16(6-4-15)21-12-11-19-9-7-18(2)8-10-19/h3-6,20H,7-13H2,1-2H3/b17-14+. The molecule has 1 N–H and O–H groups in total. The number of ether oxygens (including phenoxy) is 1. The molecule has 1 heterocycles. The first kappa shape index (κ1) is 15.8. The lowest BCUT2D eigenvalue weighted by Crippen LogP contribution is -2.45. The van der Waals surface area contributed by atoms with Crippen molar-refractivity contribution < 1.29 is 9.94 Å². The van der Waals surface area contributed by atoms with E-state index in [2.05, 4.69) is 22.0 Å². The minimum Gasteiger partial charge on any atom is -0.492 e. The fraction of sp³-hybridized carbons (Fsp3) is 0.562. The average molecular weight is 291 g/mol. The van der Waals surface area contributed by atoms with Gasteiger partial charge in [0.05, 0.1) is 5.71 Å². The van der Waals surface area contributed by atoms with Crippen molar-refractivity contribution >= 4 is 5.71 Å². The van der Waals surface area contributed by atoms with E-state index in [9.17, 15) is 0 Å². The first-order valence-electron chi connectivity index (χ1n) is 7.47. The topological polar surface area (TPSA) is 48.3 Å². The van der Waals surface area contributed by atoms with Crippen LogP contribution in [0.4, 0.5) is 0 Å². The van der Waals surface area contributed by atoms with E-state index in [1.165, 1.54) is 0 Å². The van der Waals surface area contributed by atoms with Crippen LogP contribution < -0.4 is 4.74 Å². The number of piperazine rings is 1. The largest absolute Gasteiger partial charge is 0.492 e. The van der Waals surface area contributed by atoms with E-state index < -0.39 is 0 Å². The van der Waals surface area contributed by atoms with E-state index in [4.69, 9.17) is 9.94 Å². The Labute approximate surface area is 126 Å². The number of oxime groups is 1. The molecule has 1 aliphatic rings. The molecule has 0 radical (unpaired) electrons. The van der Waals surface area contributed by atoms with Crippen molar-refractivity contribution in [2.75, 3.05) is 46.4 Å². The summed E-state index contributed by atoms with van der Waals surface area (Å²) in [6.07, 6.45) is 0.665. The van der Waals surface area contributed by atoms with Crippen LogP contribution in [0.5, 0.6) is 5.75 Å². The molecule has 1 aromatic carbocycles. The van der Waals surface area contributed by atoms with E-state index in [0.717, 1.165) is 50.6 Å². The van der Waals surface area contributed by atoms with Crippen molar-refractivity contribution in [3.05, 3.63) is 29.8 Å². The van der Waals surface area contributed by atoms with Gasteiger partial charge in [-0.3, -0.25) is 4.90 Å². The van der Waals surface area contributed by atoms with E-state index in [1.54, 1.807) is 6.92 Å². The highest BCUT2D eigenvalue weighted by Crippen LogP contribution is 2.13. The van der Waals surface area contributed by atoms with Gasteiger partial charge in [-0.1, -0.05) is 17.3 Å². The van der Waals surface area contributed by atoms with Gasteiger partial charge < -0.3 is 14.8 Å². The zero-order chi connectivity index (χ0) is 15.1. The third-order valence-electron chi connectivity index (χ3n) is 3.83. The molecule has 0 bridgehead atoms. The molecule has 21 heavy (non-hydrogen) atoms. The van der Waals surface area contributed by atoms with Crippen molar-refractivity contribution in [1.82, 2.24) is 9.80 Å². The summed E-state index contributed by atoms with van der Waals surface area (Å²) in [5.74, 6) is 0.895. The molecule has 5 heteroatoms. The predicted octanol–water partition coefficient (Wildman–Crippen LogP) is 1.71. The molecular weight excluding hydrogens is 266 g/mol. The Morgan fingerprint density at radius 2 is 1.86 bits per heavy atom. The molecule has 5 nitrogen and oxygen atoms in total. The minimum atomic E-state index is 0.665. The van der Waals surface area contributed by atoms with Crippen molar-refractivity contribution in [1.29, 1.82) is 0 Å². The van der Waals surface area contributed by atoms with Crippen LogP contribution in [0.2, 0.25) is 0 Å². The van der Waals surface area contributed by atoms with Gasteiger partial charge in [0.1, 0.15) is 12.4 Å². The average Bonchev–Trinajstić information content (AvgIpc) is 2.51. The molecule has 0 aromatic heterocycles. The van der Waals surface area contributed by atoms with E-state index in [0.29, 0.717) is 12.1 Å². The first-order valence-corrected chi connectivity index (χ1v) is 7.47. The summed E-state index contributed by atoms with van der Waals surface area (Å²) in [5.41, 5.74) is 1.83. The normalized spacial score (nSPS) is 17.9. The maximum absolute atomic E-state index is 8.66. The number of likely N-dealkylation sites (N-methyl/N-ethyl adjacent to an activating group) is 1. The van der Waals surface area contributed by atoms with Gasteiger partial charge in [0.25, 0.3) is 0 Å². The molecule has 0 unspecified atom stereocenters. The molecule has 0 atom stereocenters. The van der Waals surface area contributed by atoms with Crippen molar-refractivity contribution in [2.45, 2.75) is 13.3 Å². The second kappa shape index (κ2) is 8.00. The third kappa shape index (κ3) is 5.36. The van der Waals surface area contributed by atoms with Gasteiger partial charge >= 0.3 is 0 Å². The summed E-state index contributed by atoms with van der Waals surface area (Å²) in [6, 6.07) is 7.98. The second-order valence-electron chi connectivity index (χ2n) is 5.65. The third-order valence-corrected chi connectivity index (χ3v) is 3.83. The maximum atomic E-state index is 8.66. The highest BCUT2D eigenvalue weighted by molar-refractivity contribution is 5.83. The lowest BCUT2D eigenvalue weighted by Gasteiger charge is -2.32. The summed E-state index contributed by atoms with van der Waals surface area (Å²) < 4.78 is 5.79. The van der Waals surface area contributed by atoms with Crippen molar-refractivity contribution in [2.24, 2.45) is 5.16 Å². The molecule has 0 saturated carbocycles. The summed E-state index contributed by atoms with van der Waals surface area (Å²) in [5, 5.41) is 11.9. The lowest BCUT2D eigenvalue weighted by molar-refractivity contribution is 0.134. The Hall–Kier alpha value is -1.59. The molecule has 1 fully saturated rings. The molecule has 2 rings (SSSR count). The van der Waals surface area contributed by atoms with Crippen LogP contribution in [-0.4, -0.2) is 67.1 Å². The van der Waals surface area contributed by atoms with Gasteiger partial charge in [0.2, 0.25) is 0 Å². The van der Waals surface area contributed by atoms with Gasteiger partial charge in [0, 0.05) is 39.1 Å². The Bertz CT molecular complexity index is 451. The SMILES string of the molecule is C/C(Cc1ccc(OCCN2CCN(C)CC2)cc1)=N\O. The molecule has 0 spiro atoms. The molecule has 0 amide bonds. The van der Waals surface area contributed by atoms with Crippen molar-refractivity contribution in [3.63, 3.8) is 0 Å². The lowest BCUT2D eigenvalue weighted by atomic mass is 10.1.